The van der Waals surface area contributed by atoms with E-state index in [1.807, 2.05) is 0 Å². The van der Waals surface area contributed by atoms with E-state index in [0.717, 1.165) is 75.5 Å². The van der Waals surface area contributed by atoms with Crippen LogP contribution < -0.4 is 0 Å². The maximum absolute atomic E-state index is 12.8. The van der Waals surface area contributed by atoms with Crippen LogP contribution >= 0.6 is 0 Å². The quantitative estimate of drug-likeness (QED) is 0.0344. The molecule has 0 saturated heterocycles. The van der Waals surface area contributed by atoms with Gasteiger partial charge in [-0.1, -0.05) is 279 Å². The summed E-state index contributed by atoms with van der Waals surface area (Å²) in [6, 6.07) is 0. The molecule has 0 amide bonds. The van der Waals surface area contributed by atoms with Crippen molar-refractivity contribution in [2.45, 2.75) is 324 Å². The molecule has 0 rings (SSSR count). The van der Waals surface area contributed by atoms with Crippen molar-refractivity contribution in [3.8, 4) is 0 Å². The third-order valence-corrected chi connectivity index (χ3v) is 13.1. The monoisotopic (exact) mass is 905 g/mol. The lowest BCUT2D eigenvalue weighted by Crippen LogP contribution is -2.30. The zero-order chi connectivity index (χ0) is 47.0. The average Bonchev–Trinajstić information content (AvgIpc) is 3.25. The molecule has 1 atom stereocenters. The second-order valence-corrected chi connectivity index (χ2v) is 21.4. The normalized spacial score (nSPS) is 12.1. The van der Waals surface area contributed by atoms with Crippen LogP contribution in [0.3, 0.4) is 0 Å². The van der Waals surface area contributed by atoms with E-state index in [9.17, 15) is 14.4 Å². The zero-order valence-corrected chi connectivity index (χ0v) is 44.1. The molecule has 0 aromatic heterocycles. The molecule has 0 N–H and O–H groups in total. The molecule has 0 aromatic carbocycles. The van der Waals surface area contributed by atoms with Gasteiger partial charge in [0.15, 0.2) is 6.10 Å². The van der Waals surface area contributed by atoms with Crippen LogP contribution in [0.15, 0.2) is 0 Å². The Morgan fingerprint density at radius 1 is 0.266 bits per heavy atom. The Labute approximate surface area is 399 Å². The first-order valence-electron chi connectivity index (χ1n) is 28.6. The number of rotatable bonds is 51. The molecule has 6 nitrogen and oxygen atoms in total. The summed E-state index contributed by atoms with van der Waals surface area (Å²) in [6.45, 7) is 13.7. The van der Waals surface area contributed by atoms with Gasteiger partial charge in [-0.3, -0.25) is 14.4 Å². The van der Waals surface area contributed by atoms with E-state index >= 15 is 0 Å². The lowest BCUT2D eigenvalue weighted by molar-refractivity contribution is -0.167. The number of unbranched alkanes of at least 4 members (excludes halogenated alkanes) is 34. The summed E-state index contributed by atoms with van der Waals surface area (Å²) in [5.41, 5.74) is 0. The van der Waals surface area contributed by atoms with Gasteiger partial charge >= 0.3 is 17.9 Å². The fourth-order valence-corrected chi connectivity index (χ4v) is 8.82. The summed E-state index contributed by atoms with van der Waals surface area (Å²) in [6.07, 6.45) is 51.2. The van der Waals surface area contributed by atoms with E-state index in [1.54, 1.807) is 0 Å². The minimum atomic E-state index is -0.763. The van der Waals surface area contributed by atoms with Crippen molar-refractivity contribution in [2.24, 2.45) is 17.8 Å². The van der Waals surface area contributed by atoms with Gasteiger partial charge in [0.25, 0.3) is 0 Å². The highest BCUT2D eigenvalue weighted by Crippen LogP contribution is 2.18. The van der Waals surface area contributed by atoms with Crippen molar-refractivity contribution >= 4 is 17.9 Å². The zero-order valence-electron chi connectivity index (χ0n) is 44.1. The molecular formula is C58H112O6. The van der Waals surface area contributed by atoms with Gasteiger partial charge in [0.1, 0.15) is 13.2 Å². The van der Waals surface area contributed by atoms with Crippen LogP contribution in [0.5, 0.6) is 0 Å². The Morgan fingerprint density at radius 2 is 0.453 bits per heavy atom. The molecule has 0 fully saturated rings. The summed E-state index contributed by atoms with van der Waals surface area (Å²) in [7, 11) is 0. The van der Waals surface area contributed by atoms with E-state index in [1.165, 1.54) is 199 Å². The van der Waals surface area contributed by atoms with Crippen LogP contribution in [0.4, 0.5) is 0 Å². The average molecular weight is 906 g/mol. The Morgan fingerprint density at radius 3 is 0.672 bits per heavy atom. The molecule has 0 bridgehead atoms. The Bertz CT molecular complexity index is 991. The van der Waals surface area contributed by atoms with Crippen LogP contribution in [-0.4, -0.2) is 37.2 Å². The third-order valence-electron chi connectivity index (χ3n) is 13.1. The molecule has 0 aromatic rings. The minimum Gasteiger partial charge on any atom is -0.462 e. The maximum atomic E-state index is 12.8. The van der Waals surface area contributed by atoms with Gasteiger partial charge in [-0.2, -0.15) is 0 Å². The van der Waals surface area contributed by atoms with Crippen LogP contribution in [0.2, 0.25) is 0 Å². The van der Waals surface area contributed by atoms with Crippen molar-refractivity contribution in [1.29, 1.82) is 0 Å². The van der Waals surface area contributed by atoms with Crippen molar-refractivity contribution in [3.05, 3.63) is 0 Å². The van der Waals surface area contributed by atoms with Crippen molar-refractivity contribution < 1.29 is 28.6 Å². The molecule has 0 aliphatic carbocycles. The standard InChI is InChI=1S/C58H112O6/c1-52(2)44-38-32-26-22-18-14-11-9-7-8-10-12-16-20-24-28-35-41-47-56(59)62-50-55(64-58(61)49-43-37-31-30-34-40-46-54(5)6)51-63-57(60)48-42-36-29-25-21-17-13-15-19-23-27-33-39-45-53(3)4/h52-55H,7-51H2,1-6H3/t55-/m0/s1. The van der Waals surface area contributed by atoms with Gasteiger partial charge in [-0.25, -0.2) is 0 Å². The topological polar surface area (TPSA) is 78.9 Å². The molecule has 0 aliphatic rings. The van der Waals surface area contributed by atoms with Gasteiger partial charge in [0, 0.05) is 19.3 Å². The lowest BCUT2D eigenvalue weighted by atomic mass is 10.0. The fraction of sp³-hybridized carbons (Fsp3) is 0.948. The predicted octanol–water partition coefficient (Wildman–Crippen LogP) is 18.7. The van der Waals surface area contributed by atoms with Gasteiger partial charge in [0.05, 0.1) is 0 Å². The molecule has 6 heteroatoms. The van der Waals surface area contributed by atoms with Crippen molar-refractivity contribution in [1.82, 2.24) is 0 Å². The third kappa shape index (κ3) is 51.4. The van der Waals surface area contributed by atoms with E-state index in [-0.39, 0.29) is 31.1 Å². The molecule has 380 valence electrons. The summed E-state index contributed by atoms with van der Waals surface area (Å²) in [5, 5.41) is 0. The second-order valence-electron chi connectivity index (χ2n) is 21.4. The first kappa shape index (κ1) is 62.4. The van der Waals surface area contributed by atoms with Crippen molar-refractivity contribution in [3.63, 3.8) is 0 Å². The van der Waals surface area contributed by atoms with Gasteiger partial charge in [-0.05, 0) is 37.0 Å². The SMILES string of the molecule is CC(C)CCCCCCCCCCCCCCCCCCCCC(=O)OC[C@@H](COC(=O)CCCCCCCCCCCCCCCC(C)C)OC(=O)CCCCCCCCC(C)C. The van der Waals surface area contributed by atoms with E-state index < -0.39 is 6.10 Å². The lowest BCUT2D eigenvalue weighted by Gasteiger charge is -2.18. The number of hydrogen-bond acceptors (Lipinski definition) is 6. The van der Waals surface area contributed by atoms with E-state index in [2.05, 4.69) is 41.5 Å². The Balaban J connectivity index is 4.17. The van der Waals surface area contributed by atoms with E-state index in [0.29, 0.717) is 19.3 Å². The van der Waals surface area contributed by atoms with Gasteiger partial charge in [0.2, 0.25) is 0 Å². The number of esters is 3. The van der Waals surface area contributed by atoms with Crippen molar-refractivity contribution in [2.75, 3.05) is 13.2 Å². The number of hydrogen-bond donors (Lipinski definition) is 0. The highest BCUT2D eigenvalue weighted by molar-refractivity contribution is 5.71. The first-order chi connectivity index (χ1) is 31.1. The highest BCUT2D eigenvalue weighted by atomic mass is 16.6. The highest BCUT2D eigenvalue weighted by Gasteiger charge is 2.19. The molecule has 0 saturated carbocycles. The van der Waals surface area contributed by atoms with Gasteiger partial charge in [-0.15, -0.1) is 0 Å². The van der Waals surface area contributed by atoms with Crippen LogP contribution in [-0.2, 0) is 28.6 Å². The van der Waals surface area contributed by atoms with Crippen LogP contribution in [0.25, 0.3) is 0 Å². The first-order valence-corrected chi connectivity index (χ1v) is 28.6. The Hall–Kier alpha value is -1.59. The predicted molar refractivity (Wildman–Crippen MR) is 275 cm³/mol. The Kier molecular flexibility index (Phi) is 48.1. The molecular weight excluding hydrogens is 793 g/mol. The maximum Gasteiger partial charge on any atom is 0.306 e. The van der Waals surface area contributed by atoms with Crippen LogP contribution in [0, 0.1) is 17.8 Å². The minimum absolute atomic E-state index is 0.0648. The summed E-state index contributed by atoms with van der Waals surface area (Å²) < 4.78 is 16.8. The van der Waals surface area contributed by atoms with Gasteiger partial charge < -0.3 is 14.2 Å². The van der Waals surface area contributed by atoms with Crippen LogP contribution in [0.1, 0.15) is 318 Å². The summed E-state index contributed by atoms with van der Waals surface area (Å²) >= 11 is 0. The molecule has 64 heavy (non-hydrogen) atoms. The molecule has 0 radical (unpaired) electrons. The second kappa shape index (κ2) is 49.3. The molecule has 0 spiro atoms. The molecule has 0 aliphatic heterocycles. The summed E-state index contributed by atoms with van der Waals surface area (Å²) in [4.78, 5) is 38.0. The largest absolute Gasteiger partial charge is 0.462 e. The summed E-state index contributed by atoms with van der Waals surface area (Å²) in [5.74, 6) is 1.61. The number of carbonyl (C=O) groups excluding carboxylic acids is 3. The fourth-order valence-electron chi connectivity index (χ4n) is 8.82. The number of carbonyl (C=O) groups is 3. The molecule has 0 unspecified atom stereocenters. The molecule has 0 heterocycles. The van der Waals surface area contributed by atoms with E-state index in [4.69, 9.17) is 14.2 Å². The number of ether oxygens (including phenoxy) is 3. The smallest absolute Gasteiger partial charge is 0.306 e.